The maximum absolute atomic E-state index is 12.1. The van der Waals surface area contributed by atoms with Crippen molar-refractivity contribution in [1.82, 2.24) is 15.0 Å². The molecule has 1 aliphatic heterocycles. The lowest BCUT2D eigenvalue weighted by Gasteiger charge is -2.36. The average molecular weight is 337 g/mol. The molecule has 1 aliphatic rings. The molecule has 4 rings (SSSR count). The predicted molar refractivity (Wildman–Crippen MR) is 92.4 cm³/mol. The molecule has 1 fully saturated rings. The van der Waals surface area contributed by atoms with E-state index in [1.54, 1.807) is 22.3 Å². The van der Waals surface area contributed by atoms with E-state index >= 15 is 0 Å². The van der Waals surface area contributed by atoms with E-state index in [1.165, 1.54) is 0 Å². The van der Waals surface area contributed by atoms with E-state index in [0.29, 0.717) is 24.8 Å². The van der Waals surface area contributed by atoms with Crippen LogP contribution in [0.25, 0.3) is 17.5 Å². The Labute approximate surface area is 143 Å². The van der Waals surface area contributed by atoms with Crippen molar-refractivity contribution >= 4 is 23.3 Å². The van der Waals surface area contributed by atoms with Crippen molar-refractivity contribution in [1.29, 1.82) is 0 Å². The number of amides is 1. The van der Waals surface area contributed by atoms with E-state index in [-0.39, 0.29) is 11.8 Å². The molecule has 3 heterocycles. The molecular formula is C18H15N3O2S. The van der Waals surface area contributed by atoms with E-state index in [2.05, 4.69) is 10.1 Å². The summed E-state index contributed by atoms with van der Waals surface area (Å²) in [5, 5.41) is 7.98. The van der Waals surface area contributed by atoms with Gasteiger partial charge in [0, 0.05) is 30.1 Å². The number of rotatable bonds is 4. The SMILES string of the molecule is O=C(C=Cc1ccccc1)N1CC(c2nc(-c3ccsc3)no2)C1. The van der Waals surface area contributed by atoms with Gasteiger partial charge in [0.25, 0.3) is 0 Å². The summed E-state index contributed by atoms with van der Waals surface area (Å²) >= 11 is 1.60. The van der Waals surface area contributed by atoms with Crippen molar-refractivity contribution in [2.24, 2.45) is 0 Å². The van der Waals surface area contributed by atoms with Crippen LogP contribution in [0.1, 0.15) is 17.4 Å². The number of hydrogen-bond acceptors (Lipinski definition) is 5. The third-order valence-electron chi connectivity index (χ3n) is 3.98. The van der Waals surface area contributed by atoms with Gasteiger partial charge < -0.3 is 9.42 Å². The zero-order valence-electron chi connectivity index (χ0n) is 12.8. The molecule has 1 aromatic carbocycles. The number of carbonyl (C=O) groups excluding carboxylic acids is 1. The standard InChI is InChI=1S/C18H15N3O2S/c22-16(7-6-13-4-2-1-3-5-13)21-10-15(11-21)18-19-17(20-23-18)14-8-9-24-12-14/h1-9,12,15H,10-11H2. The lowest BCUT2D eigenvalue weighted by atomic mass is 10.00. The highest BCUT2D eigenvalue weighted by Crippen LogP contribution is 2.28. The Balaban J connectivity index is 1.35. The number of aromatic nitrogens is 2. The lowest BCUT2D eigenvalue weighted by molar-refractivity contribution is -0.130. The zero-order valence-corrected chi connectivity index (χ0v) is 13.6. The summed E-state index contributed by atoms with van der Waals surface area (Å²) in [5.74, 6) is 1.35. The first-order valence-corrected chi connectivity index (χ1v) is 8.62. The van der Waals surface area contributed by atoms with Crippen LogP contribution in [0.2, 0.25) is 0 Å². The molecule has 0 radical (unpaired) electrons. The second-order valence-electron chi connectivity index (χ2n) is 5.65. The lowest BCUT2D eigenvalue weighted by Crippen LogP contribution is -2.47. The number of benzene rings is 1. The number of likely N-dealkylation sites (tertiary alicyclic amines) is 1. The molecular weight excluding hydrogens is 322 g/mol. The number of nitrogens with zero attached hydrogens (tertiary/aromatic N) is 3. The molecule has 0 bridgehead atoms. The summed E-state index contributed by atoms with van der Waals surface area (Å²) in [6.07, 6.45) is 3.44. The quantitative estimate of drug-likeness (QED) is 0.684. The van der Waals surface area contributed by atoms with Crippen molar-refractivity contribution in [2.75, 3.05) is 13.1 Å². The van der Waals surface area contributed by atoms with Crippen LogP contribution >= 0.6 is 11.3 Å². The van der Waals surface area contributed by atoms with Gasteiger partial charge in [0.1, 0.15) is 0 Å². The molecule has 3 aromatic rings. The second-order valence-corrected chi connectivity index (χ2v) is 6.43. The summed E-state index contributed by atoms with van der Waals surface area (Å²) in [5.41, 5.74) is 1.98. The molecule has 0 atom stereocenters. The first-order chi connectivity index (χ1) is 11.8. The smallest absolute Gasteiger partial charge is 0.246 e. The minimum absolute atomic E-state index is 0.00711. The molecule has 5 nitrogen and oxygen atoms in total. The normalized spacial score (nSPS) is 14.9. The Bertz CT molecular complexity index is 850. The molecule has 6 heteroatoms. The number of thiophene rings is 1. The van der Waals surface area contributed by atoms with Crippen molar-refractivity contribution in [3.8, 4) is 11.4 Å². The average Bonchev–Trinajstić information content (AvgIpc) is 3.24. The van der Waals surface area contributed by atoms with Gasteiger partial charge in [-0.05, 0) is 23.1 Å². The van der Waals surface area contributed by atoms with Crippen molar-refractivity contribution in [2.45, 2.75) is 5.92 Å². The maximum atomic E-state index is 12.1. The Morgan fingerprint density at radius 1 is 1.25 bits per heavy atom. The first-order valence-electron chi connectivity index (χ1n) is 7.68. The Morgan fingerprint density at radius 3 is 2.83 bits per heavy atom. The van der Waals surface area contributed by atoms with Gasteiger partial charge in [-0.3, -0.25) is 4.79 Å². The fraction of sp³-hybridized carbons (Fsp3) is 0.167. The van der Waals surface area contributed by atoms with Gasteiger partial charge in [-0.1, -0.05) is 35.5 Å². The Kier molecular flexibility index (Phi) is 3.96. The van der Waals surface area contributed by atoms with Crippen molar-refractivity contribution in [3.05, 3.63) is 64.7 Å². The second kappa shape index (κ2) is 6.41. The highest BCUT2D eigenvalue weighted by atomic mass is 32.1. The highest BCUT2D eigenvalue weighted by Gasteiger charge is 2.34. The fourth-order valence-corrected chi connectivity index (χ4v) is 3.20. The topological polar surface area (TPSA) is 59.2 Å². The molecule has 0 saturated carbocycles. The van der Waals surface area contributed by atoms with Crippen LogP contribution in [0.5, 0.6) is 0 Å². The summed E-state index contributed by atoms with van der Waals surface area (Å²) in [4.78, 5) is 18.4. The molecule has 24 heavy (non-hydrogen) atoms. The van der Waals surface area contributed by atoms with Crippen LogP contribution in [-0.2, 0) is 4.79 Å². The maximum Gasteiger partial charge on any atom is 0.246 e. The van der Waals surface area contributed by atoms with Gasteiger partial charge in [-0.15, -0.1) is 0 Å². The molecule has 0 aliphatic carbocycles. The van der Waals surface area contributed by atoms with E-state index < -0.39 is 0 Å². The van der Waals surface area contributed by atoms with Crippen LogP contribution in [0, 0.1) is 0 Å². The van der Waals surface area contributed by atoms with Crippen LogP contribution < -0.4 is 0 Å². The summed E-state index contributed by atoms with van der Waals surface area (Å²) in [7, 11) is 0. The summed E-state index contributed by atoms with van der Waals surface area (Å²) in [6, 6.07) is 11.7. The van der Waals surface area contributed by atoms with Crippen LogP contribution in [0.4, 0.5) is 0 Å². The zero-order chi connectivity index (χ0) is 16.4. The largest absolute Gasteiger partial charge is 0.339 e. The Morgan fingerprint density at radius 2 is 2.08 bits per heavy atom. The minimum Gasteiger partial charge on any atom is -0.339 e. The predicted octanol–water partition coefficient (Wildman–Crippen LogP) is 3.44. The van der Waals surface area contributed by atoms with E-state index in [0.717, 1.165) is 11.1 Å². The molecule has 120 valence electrons. The minimum atomic E-state index is 0.00711. The molecule has 2 aromatic heterocycles. The van der Waals surface area contributed by atoms with E-state index in [9.17, 15) is 4.79 Å². The highest BCUT2D eigenvalue weighted by molar-refractivity contribution is 7.08. The summed E-state index contributed by atoms with van der Waals surface area (Å²) < 4.78 is 5.34. The molecule has 1 saturated heterocycles. The number of hydrogen-bond donors (Lipinski definition) is 0. The van der Waals surface area contributed by atoms with Gasteiger partial charge in [-0.25, -0.2) is 0 Å². The van der Waals surface area contributed by atoms with Gasteiger partial charge in [0.2, 0.25) is 17.6 Å². The Hall–Kier alpha value is -2.73. The molecule has 0 spiro atoms. The monoisotopic (exact) mass is 337 g/mol. The van der Waals surface area contributed by atoms with Crippen LogP contribution in [0.3, 0.4) is 0 Å². The van der Waals surface area contributed by atoms with Crippen LogP contribution in [-0.4, -0.2) is 34.0 Å². The fourth-order valence-electron chi connectivity index (χ4n) is 2.56. The van der Waals surface area contributed by atoms with Crippen LogP contribution in [0.15, 0.2) is 57.8 Å². The van der Waals surface area contributed by atoms with Crippen molar-refractivity contribution in [3.63, 3.8) is 0 Å². The summed E-state index contributed by atoms with van der Waals surface area (Å²) in [6.45, 7) is 1.23. The molecule has 0 N–H and O–H groups in total. The van der Waals surface area contributed by atoms with E-state index in [1.807, 2.05) is 53.2 Å². The number of carbonyl (C=O) groups is 1. The van der Waals surface area contributed by atoms with Gasteiger partial charge in [0.05, 0.1) is 5.92 Å². The first kappa shape index (κ1) is 14.8. The van der Waals surface area contributed by atoms with Gasteiger partial charge in [0.15, 0.2) is 0 Å². The third-order valence-corrected chi connectivity index (χ3v) is 4.66. The molecule has 1 amide bonds. The van der Waals surface area contributed by atoms with Gasteiger partial charge >= 0.3 is 0 Å². The van der Waals surface area contributed by atoms with E-state index in [4.69, 9.17) is 4.52 Å². The third kappa shape index (κ3) is 3.00. The molecule has 0 unspecified atom stereocenters. The van der Waals surface area contributed by atoms with Crippen molar-refractivity contribution < 1.29 is 9.32 Å². The van der Waals surface area contributed by atoms with Gasteiger partial charge in [-0.2, -0.15) is 16.3 Å².